The Hall–Kier alpha value is -1.83. The first-order valence-corrected chi connectivity index (χ1v) is 6.05. The Kier molecular flexibility index (Phi) is 1.68. The molecule has 0 aromatic heterocycles. The molecule has 1 heterocycles. The molecule has 2 aliphatic carbocycles. The number of rotatable bonds is 0. The van der Waals surface area contributed by atoms with Crippen LogP contribution in [0.3, 0.4) is 0 Å². The molecule has 0 radical (unpaired) electrons. The van der Waals surface area contributed by atoms with Crippen molar-refractivity contribution in [3.63, 3.8) is 0 Å². The molecule has 1 aromatic rings. The average molecular weight is 224 g/mol. The highest BCUT2D eigenvalue weighted by molar-refractivity contribution is 6.19. The Morgan fingerprint density at radius 2 is 2.00 bits per heavy atom. The zero-order valence-electron chi connectivity index (χ0n) is 9.35. The maximum Gasteiger partial charge on any atom is 0.228 e. The summed E-state index contributed by atoms with van der Waals surface area (Å²) in [5, 5.41) is 0. The van der Waals surface area contributed by atoms with Crippen LogP contribution in [-0.4, -0.2) is 11.9 Å². The van der Waals surface area contributed by atoms with E-state index in [0.29, 0.717) is 11.7 Å². The second-order valence-electron chi connectivity index (χ2n) is 4.87. The van der Waals surface area contributed by atoms with Crippen molar-refractivity contribution in [2.24, 2.45) is 5.92 Å². The van der Waals surface area contributed by atoms with E-state index >= 15 is 0 Å². The third kappa shape index (κ3) is 1.13. The molecular formula is C15H12O2. The summed E-state index contributed by atoms with van der Waals surface area (Å²) in [6.45, 7) is 0. The lowest BCUT2D eigenvalue weighted by Gasteiger charge is -2.27. The number of hydrogen-bond donors (Lipinski definition) is 0. The van der Waals surface area contributed by atoms with Gasteiger partial charge in [0.2, 0.25) is 5.78 Å². The summed E-state index contributed by atoms with van der Waals surface area (Å²) in [5.41, 5.74) is 2.99. The van der Waals surface area contributed by atoms with E-state index in [9.17, 15) is 4.79 Å². The van der Waals surface area contributed by atoms with Gasteiger partial charge in [-0.3, -0.25) is 4.79 Å². The zero-order chi connectivity index (χ0) is 11.4. The number of hydrogen-bond acceptors (Lipinski definition) is 2. The average Bonchev–Trinajstić information content (AvgIpc) is 2.92. The fourth-order valence-corrected chi connectivity index (χ4v) is 3.06. The normalized spacial score (nSPS) is 28.8. The number of carbonyl (C=O) groups is 1. The molecule has 2 nitrogen and oxygen atoms in total. The van der Waals surface area contributed by atoms with E-state index in [1.807, 2.05) is 24.3 Å². The monoisotopic (exact) mass is 224 g/mol. The minimum atomic E-state index is 0.0703. The van der Waals surface area contributed by atoms with Crippen LogP contribution in [0, 0.1) is 5.92 Å². The van der Waals surface area contributed by atoms with Gasteiger partial charge in [0.05, 0.1) is 0 Å². The highest BCUT2D eigenvalue weighted by Crippen LogP contribution is 2.45. The van der Waals surface area contributed by atoms with Crippen LogP contribution < -0.4 is 0 Å². The molecule has 3 aliphatic rings. The molecule has 0 fully saturated rings. The number of ether oxygens (including phenoxy) is 1. The van der Waals surface area contributed by atoms with Gasteiger partial charge in [0.25, 0.3) is 0 Å². The van der Waals surface area contributed by atoms with Crippen molar-refractivity contribution in [1.29, 1.82) is 0 Å². The topological polar surface area (TPSA) is 26.3 Å². The zero-order valence-corrected chi connectivity index (χ0v) is 9.35. The highest BCUT2D eigenvalue weighted by atomic mass is 16.5. The van der Waals surface area contributed by atoms with Gasteiger partial charge < -0.3 is 4.74 Å². The molecule has 84 valence electrons. The molecule has 0 saturated carbocycles. The fraction of sp³-hybridized carbons (Fsp3) is 0.267. The summed E-state index contributed by atoms with van der Waals surface area (Å²) in [7, 11) is 0. The fourth-order valence-electron chi connectivity index (χ4n) is 3.06. The van der Waals surface area contributed by atoms with Crippen molar-refractivity contribution < 1.29 is 9.53 Å². The van der Waals surface area contributed by atoms with Gasteiger partial charge in [-0.1, -0.05) is 36.4 Å². The molecule has 0 amide bonds. The van der Waals surface area contributed by atoms with Crippen molar-refractivity contribution in [3.8, 4) is 0 Å². The Labute approximate surface area is 99.6 Å². The summed E-state index contributed by atoms with van der Waals surface area (Å²) in [4.78, 5) is 12.2. The van der Waals surface area contributed by atoms with E-state index in [1.165, 1.54) is 0 Å². The molecule has 1 aromatic carbocycles. The SMILES string of the molecule is O=C1C2=C(CC3C=CCC3O2)c2ccccc21. The molecule has 0 spiro atoms. The molecule has 4 rings (SSSR count). The first-order valence-electron chi connectivity index (χ1n) is 6.05. The number of fused-ring (bicyclic) bond motifs is 3. The molecule has 2 heteroatoms. The minimum absolute atomic E-state index is 0.0703. The summed E-state index contributed by atoms with van der Waals surface area (Å²) >= 11 is 0. The van der Waals surface area contributed by atoms with E-state index in [2.05, 4.69) is 12.2 Å². The summed E-state index contributed by atoms with van der Waals surface area (Å²) in [5.74, 6) is 1.13. The van der Waals surface area contributed by atoms with Crippen LogP contribution in [-0.2, 0) is 4.74 Å². The number of benzene rings is 1. The molecule has 2 unspecified atom stereocenters. The van der Waals surface area contributed by atoms with Gasteiger partial charge in [0.1, 0.15) is 6.10 Å². The molecule has 0 bridgehead atoms. The summed E-state index contributed by atoms with van der Waals surface area (Å²) in [6.07, 6.45) is 6.45. The van der Waals surface area contributed by atoms with Crippen LogP contribution in [0.25, 0.3) is 5.57 Å². The molecule has 0 N–H and O–H groups in total. The lowest BCUT2D eigenvalue weighted by atomic mass is 9.91. The molecule has 2 atom stereocenters. The van der Waals surface area contributed by atoms with Crippen LogP contribution in [0.15, 0.2) is 42.2 Å². The van der Waals surface area contributed by atoms with Gasteiger partial charge in [0.15, 0.2) is 5.76 Å². The maximum absolute atomic E-state index is 12.2. The smallest absolute Gasteiger partial charge is 0.228 e. The Bertz CT molecular complexity index is 580. The molecular weight excluding hydrogens is 212 g/mol. The first-order chi connectivity index (χ1) is 8.34. The van der Waals surface area contributed by atoms with Crippen molar-refractivity contribution >= 4 is 11.4 Å². The Morgan fingerprint density at radius 3 is 2.88 bits per heavy atom. The van der Waals surface area contributed by atoms with Crippen LogP contribution in [0.5, 0.6) is 0 Å². The number of Topliss-reactive ketones (excluding diaryl/α,β-unsaturated/α-hetero) is 1. The van der Waals surface area contributed by atoms with E-state index in [1.54, 1.807) is 0 Å². The van der Waals surface area contributed by atoms with Gasteiger partial charge in [-0.2, -0.15) is 0 Å². The van der Waals surface area contributed by atoms with Crippen molar-refractivity contribution in [2.75, 3.05) is 0 Å². The molecule has 0 saturated heterocycles. The number of carbonyl (C=O) groups excluding carboxylic acids is 1. The maximum atomic E-state index is 12.2. The van der Waals surface area contributed by atoms with Crippen molar-refractivity contribution in [1.82, 2.24) is 0 Å². The predicted octanol–water partition coefficient (Wildman–Crippen LogP) is 2.96. The summed E-state index contributed by atoms with van der Waals surface area (Å²) < 4.78 is 5.90. The van der Waals surface area contributed by atoms with E-state index in [-0.39, 0.29) is 11.9 Å². The van der Waals surface area contributed by atoms with Crippen LogP contribution in [0.2, 0.25) is 0 Å². The largest absolute Gasteiger partial charge is 0.485 e. The Balaban J connectivity index is 1.85. The third-order valence-electron chi connectivity index (χ3n) is 3.92. The van der Waals surface area contributed by atoms with E-state index in [0.717, 1.165) is 29.5 Å². The van der Waals surface area contributed by atoms with Crippen LogP contribution >= 0.6 is 0 Å². The lowest BCUT2D eigenvalue weighted by Crippen LogP contribution is -2.24. The van der Waals surface area contributed by atoms with Gasteiger partial charge in [-0.05, 0) is 12.0 Å². The van der Waals surface area contributed by atoms with Gasteiger partial charge >= 0.3 is 0 Å². The number of ketones is 1. The minimum Gasteiger partial charge on any atom is -0.485 e. The lowest BCUT2D eigenvalue weighted by molar-refractivity contribution is 0.0638. The van der Waals surface area contributed by atoms with Crippen molar-refractivity contribution in [3.05, 3.63) is 53.3 Å². The van der Waals surface area contributed by atoms with Crippen molar-refractivity contribution in [2.45, 2.75) is 18.9 Å². The Morgan fingerprint density at radius 1 is 1.18 bits per heavy atom. The summed E-state index contributed by atoms with van der Waals surface area (Å²) in [6, 6.07) is 7.82. The second-order valence-corrected chi connectivity index (χ2v) is 4.87. The van der Waals surface area contributed by atoms with Gasteiger partial charge in [-0.25, -0.2) is 0 Å². The predicted molar refractivity (Wildman–Crippen MR) is 64.4 cm³/mol. The second kappa shape index (κ2) is 3.10. The molecule has 17 heavy (non-hydrogen) atoms. The number of allylic oxidation sites excluding steroid dienone is 2. The third-order valence-corrected chi connectivity index (χ3v) is 3.92. The van der Waals surface area contributed by atoms with Crippen LogP contribution in [0.1, 0.15) is 28.8 Å². The van der Waals surface area contributed by atoms with Crippen LogP contribution in [0.4, 0.5) is 0 Å². The van der Waals surface area contributed by atoms with Gasteiger partial charge in [0, 0.05) is 23.5 Å². The van der Waals surface area contributed by atoms with E-state index < -0.39 is 0 Å². The molecule has 1 aliphatic heterocycles. The quantitative estimate of drug-likeness (QED) is 0.633. The highest BCUT2D eigenvalue weighted by Gasteiger charge is 2.40. The first kappa shape index (κ1) is 9.23. The van der Waals surface area contributed by atoms with E-state index in [4.69, 9.17) is 4.74 Å². The van der Waals surface area contributed by atoms with Gasteiger partial charge in [-0.15, -0.1) is 0 Å². The standard InChI is InChI=1S/C15H12O2/c16-14-11-6-2-1-5-10(11)12-8-9-4-3-7-13(9)17-15(12)14/h1-6,9,13H,7-8H2.